The second-order valence-electron chi connectivity index (χ2n) is 4.14. The first kappa shape index (κ1) is 8.75. The van der Waals surface area contributed by atoms with Crippen molar-refractivity contribution >= 4 is 0 Å². The van der Waals surface area contributed by atoms with E-state index < -0.39 is 0 Å². The molecule has 1 atom stereocenters. The van der Waals surface area contributed by atoms with E-state index in [-0.39, 0.29) is 0 Å². The highest BCUT2D eigenvalue weighted by Crippen LogP contribution is 2.21. The van der Waals surface area contributed by atoms with E-state index in [2.05, 4.69) is 23.4 Å². The van der Waals surface area contributed by atoms with Crippen LogP contribution in [0, 0.1) is 0 Å². The molecule has 0 amide bonds. The van der Waals surface area contributed by atoms with Crippen LogP contribution in [-0.4, -0.2) is 15.6 Å². The molecule has 72 valence electrons. The highest BCUT2D eigenvalue weighted by Gasteiger charge is 2.20. The molecule has 1 aliphatic carbocycles. The van der Waals surface area contributed by atoms with Crippen molar-refractivity contribution in [3.8, 4) is 0 Å². The Morgan fingerprint density at radius 3 is 3.08 bits per heavy atom. The van der Waals surface area contributed by atoms with Gasteiger partial charge in [-0.2, -0.15) is 0 Å². The fourth-order valence-electron chi connectivity index (χ4n) is 1.97. The molecule has 0 saturated carbocycles. The lowest BCUT2D eigenvalue weighted by Gasteiger charge is -2.21. The van der Waals surface area contributed by atoms with Gasteiger partial charge < -0.3 is 10.3 Å². The van der Waals surface area contributed by atoms with Crippen LogP contribution in [0.3, 0.4) is 0 Å². The lowest BCUT2D eigenvalue weighted by Crippen LogP contribution is -2.29. The third kappa shape index (κ3) is 1.48. The normalized spacial score (nSPS) is 22.0. The van der Waals surface area contributed by atoms with Gasteiger partial charge in [-0.25, -0.2) is 4.98 Å². The molecule has 2 N–H and O–H groups in total. The molecular formula is C10H17N3. The Bertz CT molecular complexity index is 301. The van der Waals surface area contributed by atoms with Gasteiger partial charge in [-0.3, -0.25) is 0 Å². The van der Waals surface area contributed by atoms with Crippen LogP contribution in [0.2, 0.25) is 0 Å². The number of fused-ring (bicyclic) bond motifs is 1. The van der Waals surface area contributed by atoms with Crippen LogP contribution in [0.1, 0.15) is 37.7 Å². The monoisotopic (exact) mass is 179 g/mol. The summed E-state index contributed by atoms with van der Waals surface area (Å²) in [7, 11) is 0. The molecule has 1 heterocycles. The Balaban J connectivity index is 2.35. The first-order valence-corrected chi connectivity index (χ1v) is 4.98. The fraction of sp³-hybridized carbons (Fsp3) is 0.700. The maximum absolute atomic E-state index is 5.94. The van der Waals surface area contributed by atoms with Crippen LogP contribution in [-0.2, 0) is 12.8 Å². The topological polar surface area (TPSA) is 43.8 Å². The zero-order valence-corrected chi connectivity index (χ0v) is 8.33. The van der Waals surface area contributed by atoms with Gasteiger partial charge in [-0.1, -0.05) is 0 Å². The molecule has 0 saturated heterocycles. The number of hydrogen-bond donors (Lipinski definition) is 1. The van der Waals surface area contributed by atoms with Gasteiger partial charge in [0.2, 0.25) is 0 Å². The van der Waals surface area contributed by atoms with Gasteiger partial charge in [-0.15, -0.1) is 0 Å². The predicted molar refractivity (Wildman–Crippen MR) is 52.6 cm³/mol. The molecule has 0 aliphatic heterocycles. The van der Waals surface area contributed by atoms with E-state index in [4.69, 9.17) is 5.73 Å². The van der Waals surface area contributed by atoms with E-state index in [0.717, 1.165) is 19.3 Å². The van der Waals surface area contributed by atoms with Crippen molar-refractivity contribution in [2.24, 2.45) is 5.73 Å². The number of imidazole rings is 1. The van der Waals surface area contributed by atoms with Crippen molar-refractivity contribution in [2.75, 3.05) is 0 Å². The molecular weight excluding hydrogens is 162 g/mol. The minimum absolute atomic E-state index is 0.335. The lowest BCUT2D eigenvalue weighted by molar-refractivity contribution is 0.511. The van der Waals surface area contributed by atoms with Crippen LogP contribution in [0.25, 0.3) is 0 Å². The second kappa shape index (κ2) is 3.14. The quantitative estimate of drug-likeness (QED) is 0.705. The zero-order chi connectivity index (χ0) is 9.42. The standard InChI is InChI=1S/C10H17N3/c1-7(2)13-6-12-9-4-3-8(11)5-10(9)13/h6-8H,3-5,11H2,1-2H3/t8-/m1/s1. The number of aromatic nitrogens is 2. The summed E-state index contributed by atoms with van der Waals surface area (Å²) in [5.74, 6) is 0. The summed E-state index contributed by atoms with van der Waals surface area (Å²) in [6.07, 6.45) is 5.08. The largest absolute Gasteiger partial charge is 0.332 e. The van der Waals surface area contributed by atoms with Gasteiger partial charge >= 0.3 is 0 Å². The van der Waals surface area contributed by atoms with Gasteiger partial charge in [0.1, 0.15) is 0 Å². The molecule has 3 nitrogen and oxygen atoms in total. The summed E-state index contributed by atoms with van der Waals surface area (Å²) in [5.41, 5.74) is 8.55. The molecule has 2 rings (SSSR count). The minimum atomic E-state index is 0.335. The molecule has 13 heavy (non-hydrogen) atoms. The Hall–Kier alpha value is -0.830. The van der Waals surface area contributed by atoms with Crippen LogP contribution < -0.4 is 5.73 Å². The Morgan fingerprint density at radius 1 is 1.62 bits per heavy atom. The number of aryl methyl sites for hydroxylation is 1. The third-order valence-corrected chi connectivity index (χ3v) is 2.75. The number of nitrogens with two attached hydrogens (primary N) is 1. The molecule has 0 spiro atoms. The molecule has 0 radical (unpaired) electrons. The first-order valence-electron chi connectivity index (χ1n) is 4.98. The van der Waals surface area contributed by atoms with Crippen molar-refractivity contribution in [1.82, 2.24) is 9.55 Å². The highest BCUT2D eigenvalue weighted by atomic mass is 15.1. The SMILES string of the molecule is CC(C)n1cnc2c1C[C@H](N)CC2. The van der Waals surface area contributed by atoms with E-state index >= 15 is 0 Å². The highest BCUT2D eigenvalue weighted by molar-refractivity contribution is 5.19. The summed E-state index contributed by atoms with van der Waals surface area (Å²) in [6.45, 7) is 4.37. The van der Waals surface area contributed by atoms with Crippen molar-refractivity contribution in [3.05, 3.63) is 17.7 Å². The summed E-state index contributed by atoms with van der Waals surface area (Å²) in [6, 6.07) is 0.836. The predicted octanol–water partition coefficient (Wildman–Crippen LogP) is 1.28. The summed E-state index contributed by atoms with van der Waals surface area (Å²) in [5, 5.41) is 0. The zero-order valence-electron chi connectivity index (χ0n) is 8.33. The number of hydrogen-bond acceptors (Lipinski definition) is 2. The average molecular weight is 179 g/mol. The molecule has 1 aromatic heterocycles. The average Bonchev–Trinajstić information content (AvgIpc) is 2.46. The molecule has 3 heteroatoms. The molecule has 1 aliphatic rings. The van der Waals surface area contributed by atoms with E-state index in [1.807, 2.05) is 6.33 Å². The second-order valence-corrected chi connectivity index (χ2v) is 4.14. The van der Waals surface area contributed by atoms with Crippen molar-refractivity contribution in [1.29, 1.82) is 0 Å². The van der Waals surface area contributed by atoms with Gasteiger partial charge in [-0.05, 0) is 26.7 Å². The van der Waals surface area contributed by atoms with Crippen LogP contribution in [0.4, 0.5) is 0 Å². The van der Waals surface area contributed by atoms with Gasteiger partial charge in [0.05, 0.1) is 12.0 Å². The smallest absolute Gasteiger partial charge is 0.0954 e. The van der Waals surface area contributed by atoms with Crippen LogP contribution >= 0.6 is 0 Å². The number of rotatable bonds is 1. The van der Waals surface area contributed by atoms with Crippen molar-refractivity contribution < 1.29 is 0 Å². The minimum Gasteiger partial charge on any atom is -0.332 e. The summed E-state index contributed by atoms with van der Waals surface area (Å²) < 4.78 is 2.24. The Kier molecular flexibility index (Phi) is 2.12. The molecule has 0 bridgehead atoms. The summed E-state index contributed by atoms with van der Waals surface area (Å²) >= 11 is 0. The van der Waals surface area contributed by atoms with Gasteiger partial charge in [0.25, 0.3) is 0 Å². The van der Waals surface area contributed by atoms with Crippen molar-refractivity contribution in [3.63, 3.8) is 0 Å². The van der Waals surface area contributed by atoms with Crippen molar-refractivity contribution in [2.45, 2.75) is 45.2 Å². The van der Waals surface area contributed by atoms with E-state index in [1.54, 1.807) is 0 Å². The van der Waals surface area contributed by atoms with Crippen LogP contribution in [0.5, 0.6) is 0 Å². The fourth-order valence-corrected chi connectivity index (χ4v) is 1.97. The van der Waals surface area contributed by atoms with E-state index in [9.17, 15) is 0 Å². The van der Waals surface area contributed by atoms with Gasteiger partial charge in [0.15, 0.2) is 0 Å². The molecule has 0 unspecified atom stereocenters. The van der Waals surface area contributed by atoms with Crippen LogP contribution in [0.15, 0.2) is 6.33 Å². The first-order chi connectivity index (χ1) is 6.18. The van der Waals surface area contributed by atoms with Gasteiger partial charge in [0, 0.05) is 24.2 Å². The number of nitrogens with zero attached hydrogens (tertiary/aromatic N) is 2. The molecule has 1 aromatic rings. The Morgan fingerprint density at radius 2 is 2.38 bits per heavy atom. The maximum atomic E-state index is 5.94. The molecule has 0 aromatic carbocycles. The van der Waals surface area contributed by atoms with E-state index in [1.165, 1.54) is 11.4 Å². The Labute approximate surface area is 79.0 Å². The summed E-state index contributed by atoms with van der Waals surface area (Å²) in [4.78, 5) is 4.42. The lowest BCUT2D eigenvalue weighted by atomic mass is 9.96. The maximum Gasteiger partial charge on any atom is 0.0954 e. The molecule has 0 fully saturated rings. The van der Waals surface area contributed by atoms with E-state index in [0.29, 0.717) is 12.1 Å². The third-order valence-electron chi connectivity index (χ3n) is 2.75.